The van der Waals surface area contributed by atoms with Gasteiger partial charge < -0.3 is 10.1 Å². The number of hydrogen-bond donors (Lipinski definition) is 1. The summed E-state index contributed by atoms with van der Waals surface area (Å²) in [6.07, 6.45) is 0.174. The number of carbonyl (C=O) groups is 1. The summed E-state index contributed by atoms with van der Waals surface area (Å²) in [5.41, 5.74) is 1.19. The van der Waals surface area contributed by atoms with Crippen molar-refractivity contribution in [2.75, 3.05) is 6.54 Å². The Hall–Kier alpha value is -2.36. The van der Waals surface area contributed by atoms with Gasteiger partial charge in [-0.3, -0.25) is 4.79 Å². The quantitative estimate of drug-likeness (QED) is 0.841. The third-order valence-corrected chi connectivity index (χ3v) is 3.80. The number of para-hydroxylation sites is 1. The molecule has 2 atom stereocenters. The molecular weight excluding hydrogens is 293 g/mol. The topological polar surface area (TPSA) is 38.3 Å². The lowest BCUT2D eigenvalue weighted by molar-refractivity contribution is -0.127. The van der Waals surface area contributed by atoms with Crippen molar-refractivity contribution < 1.29 is 13.9 Å². The lowest BCUT2D eigenvalue weighted by Gasteiger charge is -2.19. The fraction of sp³-hybridized carbons (Fsp3) is 0.316. The van der Waals surface area contributed by atoms with Crippen LogP contribution in [-0.4, -0.2) is 18.6 Å². The lowest BCUT2D eigenvalue weighted by atomic mass is 9.96. The van der Waals surface area contributed by atoms with Crippen molar-refractivity contribution in [3.63, 3.8) is 0 Å². The Morgan fingerprint density at radius 2 is 1.78 bits per heavy atom. The van der Waals surface area contributed by atoms with E-state index >= 15 is 0 Å². The van der Waals surface area contributed by atoms with Crippen LogP contribution < -0.4 is 10.1 Å². The molecule has 0 heterocycles. The van der Waals surface area contributed by atoms with Crippen molar-refractivity contribution in [2.45, 2.75) is 32.3 Å². The molecule has 0 spiro atoms. The Morgan fingerprint density at radius 3 is 2.43 bits per heavy atom. The zero-order valence-corrected chi connectivity index (χ0v) is 13.5. The van der Waals surface area contributed by atoms with Gasteiger partial charge in [0.2, 0.25) is 0 Å². The summed E-state index contributed by atoms with van der Waals surface area (Å²) in [5.74, 6) is -0.378. The van der Waals surface area contributed by atoms with Crippen molar-refractivity contribution in [1.82, 2.24) is 5.32 Å². The molecule has 0 aliphatic carbocycles. The second-order valence-electron chi connectivity index (χ2n) is 5.45. The Bertz CT molecular complexity index is 630. The molecule has 0 aliphatic heterocycles. The number of rotatable bonds is 7. The summed E-state index contributed by atoms with van der Waals surface area (Å²) in [7, 11) is 0. The van der Waals surface area contributed by atoms with E-state index in [2.05, 4.69) is 24.4 Å². The van der Waals surface area contributed by atoms with Crippen LogP contribution in [0.5, 0.6) is 5.75 Å². The van der Waals surface area contributed by atoms with E-state index in [1.54, 1.807) is 19.1 Å². The molecule has 1 N–H and O–H groups in total. The number of benzene rings is 2. The molecule has 0 aromatic heterocycles. The van der Waals surface area contributed by atoms with Crippen LogP contribution in [0.2, 0.25) is 0 Å². The summed E-state index contributed by atoms with van der Waals surface area (Å²) in [5, 5.41) is 2.89. The van der Waals surface area contributed by atoms with Crippen LogP contribution in [0.4, 0.5) is 4.39 Å². The molecule has 0 bridgehead atoms. The van der Waals surface area contributed by atoms with Crippen LogP contribution in [-0.2, 0) is 4.79 Å². The molecule has 1 amide bonds. The maximum absolute atomic E-state index is 13.5. The highest BCUT2D eigenvalue weighted by Gasteiger charge is 2.18. The molecule has 3 nitrogen and oxygen atoms in total. The molecule has 0 aliphatic rings. The first-order valence-electron chi connectivity index (χ1n) is 7.85. The number of halogens is 1. The largest absolute Gasteiger partial charge is 0.478 e. The van der Waals surface area contributed by atoms with Crippen molar-refractivity contribution in [2.24, 2.45) is 0 Å². The van der Waals surface area contributed by atoms with E-state index in [1.807, 2.05) is 18.2 Å². The van der Waals surface area contributed by atoms with Gasteiger partial charge in [0.15, 0.2) is 17.7 Å². The van der Waals surface area contributed by atoms with Crippen molar-refractivity contribution >= 4 is 5.91 Å². The number of amides is 1. The molecular formula is C19H22FNO2. The van der Waals surface area contributed by atoms with Crippen LogP contribution in [0, 0.1) is 5.82 Å². The van der Waals surface area contributed by atoms with Gasteiger partial charge >= 0.3 is 0 Å². The SMILES string of the molecule is CC[C@H](CNC(=O)[C@@H](C)Oc1ccccc1F)c1ccccc1. The first-order valence-corrected chi connectivity index (χ1v) is 7.85. The standard InChI is InChI=1S/C19H22FNO2/c1-3-15(16-9-5-4-6-10-16)13-21-19(22)14(2)23-18-12-8-7-11-17(18)20/h4-12,14-15H,3,13H2,1-2H3,(H,21,22)/t14-,15-/m1/s1. The minimum atomic E-state index is -0.750. The van der Waals surface area contributed by atoms with Crippen molar-refractivity contribution in [3.05, 3.63) is 66.0 Å². The van der Waals surface area contributed by atoms with Gasteiger partial charge in [0.1, 0.15) is 0 Å². The summed E-state index contributed by atoms with van der Waals surface area (Å²) in [6, 6.07) is 16.1. The zero-order valence-electron chi connectivity index (χ0n) is 13.5. The summed E-state index contributed by atoms with van der Waals surface area (Å²) in [4.78, 5) is 12.2. The fourth-order valence-electron chi connectivity index (χ4n) is 2.37. The molecule has 0 radical (unpaired) electrons. The molecule has 0 fully saturated rings. The number of ether oxygens (including phenoxy) is 1. The van der Waals surface area contributed by atoms with E-state index in [1.165, 1.54) is 17.7 Å². The van der Waals surface area contributed by atoms with E-state index in [0.717, 1.165) is 6.42 Å². The summed E-state index contributed by atoms with van der Waals surface area (Å²) < 4.78 is 18.9. The number of hydrogen-bond acceptors (Lipinski definition) is 2. The number of carbonyl (C=O) groups excluding carboxylic acids is 1. The van der Waals surface area contributed by atoms with Gasteiger partial charge in [0.05, 0.1) is 0 Å². The molecule has 122 valence electrons. The zero-order chi connectivity index (χ0) is 16.7. The normalized spacial score (nSPS) is 13.2. The maximum Gasteiger partial charge on any atom is 0.260 e. The average Bonchev–Trinajstić information content (AvgIpc) is 2.58. The minimum Gasteiger partial charge on any atom is -0.478 e. The van der Waals surface area contributed by atoms with E-state index in [4.69, 9.17) is 4.74 Å². The van der Waals surface area contributed by atoms with Gasteiger partial charge in [-0.05, 0) is 31.0 Å². The average molecular weight is 315 g/mol. The van der Waals surface area contributed by atoms with Crippen LogP contribution in [0.25, 0.3) is 0 Å². The van der Waals surface area contributed by atoms with Gasteiger partial charge in [-0.1, -0.05) is 49.4 Å². The Kier molecular flexibility index (Phi) is 6.15. The van der Waals surface area contributed by atoms with Gasteiger partial charge in [-0.25, -0.2) is 4.39 Å². The van der Waals surface area contributed by atoms with Gasteiger partial charge in [0.25, 0.3) is 5.91 Å². The molecule has 2 aromatic rings. The molecule has 2 rings (SSSR count). The summed E-state index contributed by atoms with van der Waals surface area (Å²) >= 11 is 0. The van der Waals surface area contributed by atoms with Gasteiger partial charge in [-0.2, -0.15) is 0 Å². The molecule has 0 unspecified atom stereocenters. The highest BCUT2D eigenvalue weighted by molar-refractivity contribution is 5.80. The van der Waals surface area contributed by atoms with Crippen LogP contribution in [0.15, 0.2) is 54.6 Å². The van der Waals surface area contributed by atoms with E-state index < -0.39 is 11.9 Å². The maximum atomic E-state index is 13.5. The third-order valence-electron chi connectivity index (χ3n) is 3.80. The Morgan fingerprint density at radius 1 is 1.13 bits per heavy atom. The van der Waals surface area contributed by atoms with Crippen molar-refractivity contribution in [3.8, 4) is 5.75 Å². The Labute approximate surface area is 136 Å². The second-order valence-corrected chi connectivity index (χ2v) is 5.45. The summed E-state index contributed by atoms with van der Waals surface area (Å²) in [6.45, 7) is 4.23. The predicted octanol–water partition coefficient (Wildman–Crippen LogP) is 3.90. The molecule has 0 saturated heterocycles. The lowest BCUT2D eigenvalue weighted by Crippen LogP contribution is -2.38. The highest BCUT2D eigenvalue weighted by atomic mass is 19.1. The molecule has 4 heteroatoms. The third kappa shape index (κ3) is 4.81. The fourth-order valence-corrected chi connectivity index (χ4v) is 2.37. The van der Waals surface area contributed by atoms with E-state index in [0.29, 0.717) is 6.54 Å². The highest BCUT2D eigenvalue weighted by Crippen LogP contribution is 2.19. The second kappa shape index (κ2) is 8.32. The Balaban J connectivity index is 1.89. The molecule has 2 aromatic carbocycles. The van der Waals surface area contributed by atoms with Crippen LogP contribution in [0.3, 0.4) is 0 Å². The smallest absolute Gasteiger partial charge is 0.260 e. The predicted molar refractivity (Wildman–Crippen MR) is 89.0 cm³/mol. The first-order chi connectivity index (χ1) is 11.1. The van der Waals surface area contributed by atoms with Gasteiger partial charge in [0, 0.05) is 12.5 Å². The number of nitrogens with one attached hydrogen (secondary N) is 1. The van der Waals surface area contributed by atoms with E-state index in [-0.39, 0.29) is 17.6 Å². The van der Waals surface area contributed by atoms with Gasteiger partial charge in [-0.15, -0.1) is 0 Å². The first kappa shape index (κ1) is 17.0. The molecule has 0 saturated carbocycles. The van der Waals surface area contributed by atoms with E-state index in [9.17, 15) is 9.18 Å². The van der Waals surface area contributed by atoms with Crippen LogP contribution in [0.1, 0.15) is 31.7 Å². The van der Waals surface area contributed by atoms with Crippen LogP contribution >= 0.6 is 0 Å². The molecule has 23 heavy (non-hydrogen) atoms. The monoisotopic (exact) mass is 315 g/mol. The van der Waals surface area contributed by atoms with Crippen molar-refractivity contribution in [1.29, 1.82) is 0 Å². The minimum absolute atomic E-state index is 0.0882.